The molecule has 16 heavy (non-hydrogen) atoms. The molecule has 0 radical (unpaired) electrons. The minimum atomic E-state index is -0.683. The number of carbonyl (C=O) groups is 1. The van der Waals surface area contributed by atoms with E-state index >= 15 is 0 Å². The highest BCUT2D eigenvalue weighted by atomic mass is 19.1. The van der Waals surface area contributed by atoms with Crippen LogP contribution in [0.2, 0.25) is 0 Å². The van der Waals surface area contributed by atoms with Crippen molar-refractivity contribution in [1.82, 2.24) is 14.8 Å². The second kappa shape index (κ2) is 4.09. The average Bonchev–Trinajstić information content (AvgIpc) is 2.64. The number of pyridine rings is 1. The van der Waals surface area contributed by atoms with Crippen molar-refractivity contribution >= 4 is 11.7 Å². The maximum Gasteiger partial charge on any atom is 0.275 e. The Morgan fingerprint density at radius 1 is 1.44 bits per heavy atom. The van der Waals surface area contributed by atoms with Gasteiger partial charge in [-0.25, -0.2) is 4.98 Å². The van der Waals surface area contributed by atoms with Crippen molar-refractivity contribution in [2.75, 3.05) is 5.32 Å². The average molecular weight is 220 g/mol. The number of aromatic nitrogens is 3. The van der Waals surface area contributed by atoms with Gasteiger partial charge in [-0.2, -0.15) is 9.49 Å². The van der Waals surface area contributed by atoms with Crippen LogP contribution in [0.15, 0.2) is 30.5 Å². The second-order valence-electron chi connectivity index (χ2n) is 3.14. The fourth-order valence-electron chi connectivity index (χ4n) is 1.21. The number of halogens is 1. The number of hydrogen-bond donors (Lipinski definition) is 1. The van der Waals surface area contributed by atoms with Gasteiger partial charge in [0.05, 0.1) is 6.20 Å². The molecular formula is C10H9FN4O. The van der Waals surface area contributed by atoms with Gasteiger partial charge in [0.1, 0.15) is 11.5 Å². The number of nitrogens with zero attached hydrogens (tertiary/aromatic N) is 3. The zero-order valence-corrected chi connectivity index (χ0v) is 8.51. The first-order chi connectivity index (χ1) is 7.66. The molecule has 0 bridgehead atoms. The molecule has 5 nitrogen and oxygen atoms in total. The number of nitrogens with one attached hydrogen (secondary N) is 1. The topological polar surface area (TPSA) is 59.8 Å². The summed E-state index contributed by atoms with van der Waals surface area (Å²) >= 11 is 0. The Morgan fingerprint density at radius 2 is 2.25 bits per heavy atom. The number of hydrogen-bond acceptors (Lipinski definition) is 3. The molecule has 0 saturated heterocycles. The van der Waals surface area contributed by atoms with E-state index in [2.05, 4.69) is 15.4 Å². The van der Waals surface area contributed by atoms with E-state index in [1.165, 1.54) is 22.9 Å². The van der Waals surface area contributed by atoms with E-state index in [-0.39, 0.29) is 5.69 Å². The van der Waals surface area contributed by atoms with E-state index in [4.69, 9.17) is 0 Å². The Morgan fingerprint density at radius 3 is 2.88 bits per heavy atom. The van der Waals surface area contributed by atoms with Crippen LogP contribution >= 0.6 is 0 Å². The third kappa shape index (κ3) is 2.05. The number of anilines is 1. The predicted octanol–water partition coefficient (Wildman–Crippen LogP) is 1.21. The normalized spacial score (nSPS) is 10.1. The summed E-state index contributed by atoms with van der Waals surface area (Å²) in [4.78, 5) is 15.1. The Balaban J connectivity index is 2.18. The summed E-state index contributed by atoms with van der Waals surface area (Å²) in [6, 6.07) is 5.69. The maximum absolute atomic E-state index is 12.8. The lowest BCUT2D eigenvalue weighted by Gasteiger charge is -2.04. The molecule has 6 heteroatoms. The van der Waals surface area contributed by atoms with Crippen molar-refractivity contribution in [2.24, 2.45) is 7.05 Å². The first-order valence-corrected chi connectivity index (χ1v) is 4.59. The molecule has 0 aromatic carbocycles. The monoisotopic (exact) mass is 220 g/mol. The van der Waals surface area contributed by atoms with Crippen LogP contribution in [0.25, 0.3) is 0 Å². The summed E-state index contributed by atoms with van der Waals surface area (Å²) in [7, 11) is 1.69. The van der Waals surface area contributed by atoms with Crippen molar-refractivity contribution in [2.45, 2.75) is 0 Å². The summed E-state index contributed by atoms with van der Waals surface area (Å²) in [5.41, 5.74) is 0.0289. The fourth-order valence-corrected chi connectivity index (χ4v) is 1.21. The van der Waals surface area contributed by atoms with Crippen LogP contribution in [-0.4, -0.2) is 20.7 Å². The Labute approximate surface area is 90.9 Å². The van der Waals surface area contributed by atoms with Gasteiger partial charge >= 0.3 is 0 Å². The quantitative estimate of drug-likeness (QED) is 0.774. The van der Waals surface area contributed by atoms with E-state index in [9.17, 15) is 9.18 Å². The van der Waals surface area contributed by atoms with E-state index in [1.807, 2.05) is 0 Å². The zero-order chi connectivity index (χ0) is 11.5. The van der Waals surface area contributed by atoms with Crippen LogP contribution in [0.4, 0.5) is 10.2 Å². The summed E-state index contributed by atoms with van der Waals surface area (Å²) in [6.45, 7) is 0. The summed E-state index contributed by atoms with van der Waals surface area (Å²) < 4.78 is 14.3. The van der Waals surface area contributed by atoms with Gasteiger partial charge < -0.3 is 5.32 Å². The minimum absolute atomic E-state index is 0.0289. The van der Waals surface area contributed by atoms with Gasteiger partial charge in [0.2, 0.25) is 5.95 Å². The van der Waals surface area contributed by atoms with Crippen molar-refractivity contribution in [3.8, 4) is 0 Å². The fraction of sp³-hybridized carbons (Fsp3) is 0.100. The SMILES string of the molecule is Cn1nccc1NC(=O)c1cccc(F)n1. The maximum atomic E-state index is 12.8. The molecule has 2 aromatic heterocycles. The molecule has 0 aliphatic carbocycles. The first-order valence-electron chi connectivity index (χ1n) is 4.59. The van der Waals surface area contributed by atoms with Gasteiger partial charge in [-0.3, -0.25) is 9.48 Å². The van der Waals surface area contributed by atoms with E-state index in [0.29, 0.717) is 5.82 Å². The van der Waals surface area contributed by atoms with Crippen molar-refractivity contribution in [1.29, 1.82) is 0 Å². The van der Waals surface area contributed by atoms with Gasteiger partial charge in [-0.05, 0) is 12.1 Å². The molecule has 2 aromatic rings. The third-order valence-corrected chi connectivity index (χ3v) is 2.01. The van der Waals surface area contributed by atoms with Crippen LogP contribution in [-0.2, 0) is 7.05 Å². The highest BCUT2D eigenvalue weighted by Crippen LogP contribution is 2.06. The van der Waals surface area contributed by atoms with Crippen LogP contribution in [0.1, 0.15) is 10.5 Å². The molecule has 0 unspecified atom stereocenters. The lowest BCUT2D eigenvalue weighted by Crippen LogP contribution is -2.16. The summed E-state index contributed by atoms with van der Waals surface area (Å²) in [6.07, 6.45) is 1.55. The molecular weight excluding hydrogens is 211 g/mol. The largest absolute Gasteiger partial charge is 0.305 e. The molecule has 2 rings (SSSR count). The molecule has 0 fully saturated rings. The highest BCUT2D eigenvalue weighted by Gasteiger charge is 2.09. The van der Waals surface area contributed by atoms with Gasteiger partial charge in [-0.15, -0.1) is 0 Å². The van der Waals surface area contributed by atoms with E-state index in [1.54, 1.807) is 19.3 Å². The van der Waals surface area contributed by atoms with Gasteiger partial charge in [0.25, 0.3) is 5.91 Å². The minimum Gasteiger partial charge on any atom is -0.305 e. The van der Waals surface area contributed by atoms with Crippen molar-refractivity contribution in [3.63, 3.8) is 0 Å². The van der Waals surface area contributed by atoms with Gasteiger partial charge in [0, 0.05) is 13.1 Å². The lowest BCUT2D eigenvalue weighted by molar-refractivity contribution is 0.102. The second-order valence-corrected chi connectivity index (χ2v) is 3.14. The predicted molar refractivity (Wildman–Crippen MR) is 55.4 cm³/mol. The van der Waals surface area contributed by atoms with Gasteiger partial charge in [0.15, 0.2) is 0 Å². The Hall–Kier alpha value is -2.24. The summed E-state index contributed by atoms with van der Waals surface area (Å²) in [5.74, 6) is -0.628. The molecule has 0 aliphatic rings. The molecule has 0 atom stereocenters. The smallest absolute Gasteiger partial charge is 0.275 e. The Kier molecular flexibility index (Phi) is 2.63. The van der Waals surface area contributed by atoms with Crippen molar-refractivity contribution < 1.29 is 9.18 Å². The number of aryl methyl sites for hydroxylation is 1. The molecule has 0 aliphatic heterocycles. The van der Waals surface area contributed by atoms with Crippen LogP contribution in [0.5, 0.6) is 0 Å². The summed E-state index contributed by atoms with van der Waals surface area (Å²) in [5, 5.41) is 6.45. The van der Waals surface area contributed by atoms with Crippen LogP contribution in [0.3, 0.4) is 0 Å². The highest BCUT2D eigenvalue weighted by molar-refractivity contribution is 6.02. The molecule has 1 N–H and O–H groups in total. The third-order valence-electron chi connectivity index (χ3n) is 2.01. The number of amides is 1. The molecule has 1 amide bonds. The van der Waals surface area contributed by atoms with E-state index < -0.39 is 11.9 Å². The standard InChI is InChI=1S/C10H9FN4O/c1-15-9(5-6-12-15)14-10(16)7-3-2-4-8(11)13-7/h2-6H,1H3,(H,14,16). The number of carbonyl (C=O) groups excluding carboxylic acids is 1. The van der Waals surface area contributed by atoms with Crippen molar-refractivity contribution in [3.05, 3.63) is 42.1 Å². The number of rotatable bonds is 2. The zero-order valence-electron chi connectivity index (χ0n) is 8.51. The molecule has 2 heterocycles. The molecule has 0 spiro atoms. The van der Waals surface area contributed by atoms with Crippen LogP contribution < -0.4 is 5.32 Å². The first kappa shape index (κ1) is 10.3. The Bertz CT molecular complexity index is 523. The van der Waals surface area contributed by atoms with Gasteiger partial charge in [-0.1, -0.05) is 6.07 Å². The lowest BCUT2D eigenvalue weighted by atomic mass is 10.3. The van der Waals surface area contributed by atoms with Crippen LogP contribution in [0, 0.1) is 5.95 Å². The van der Waals surface area contributed by atoms with E-state index in [0.717, 1.165) is 0 Å². The molecule has 0 saturated carbocycles. The molecule has 82 valence electrons.